The van der Waals surface area contributed by atoms with E-state index in [1.54, 1.807) is 24.3 Å². The Morgan fingerprint density at radius 3 is 2.20 bits per heavy atom. The summed E-state index contributed by atoms with van der Waals surface area (Å²) in [4.78, 5) is 2.35. The number of likely N-dealkylation sites (tertiary alicyclic amines) is 1. The standard InChI is InChI=1S/C21H25NO3/c1-15(25-20-9-7-19(23)8-10-20)22-13-16-11-21(24,12-17(16)14-22)18-5-3-2-4-6-18/h2-10,15-17,23-24H,11-14H2,1H3/t15?,16-,17+,21-. The number of nitrogens with zero attached hydrogens (tertiary/aromatic N) is 1. The van der Waals surface area contributed by atoms with Gasteiger partial charge >= 0.3 is 0 Å². The smallest absolute Gasteiger partial charge is 0.149 e. The highest BCUT2D eigenvalue weighted by atomic mass is 16.5. The van der Waals surface area contributed by atoms with Gasteiger partial charge < -0.3 is 14.9 Å². The summed E-state index contributed by atoms with van der Waals surface area (Å²) in [6, 6.07) is 16.9. The molecular formula is C21H25NO3. The molecule has 0 spiro atoms. The molecule has 4 atom stereocenters. The number of ether oxygens (including phenoxy) is 1. The number of phenols is 1. The van der Waals surface area contributed by atoms with Crippen LogP contribution in [0.3, 0.4) is 0 Å². The maximum Gasteiger partial charge on any atom is 0.149 e. The van der Waals surface area contributed by atoms with Crippen molar-refractivity contribution < 1.29 is 14.9 Å². The summed E-state index contributed by atoms with van der Waals surface area (Å²) in [6.07, 6.45) is 1.63. The molecule has 0 radical (unpaired) electrons. The van der Waals surface area contributed by atoms with Crippen LogP contribution >= 0.6 is 0 Å². The average molecular weight is 339 g/mol. The van der Waals surface area contributed by atoms with Crippen molar-refractivity contribution in [1.29, 1.82) is 0 Å². The molecule has 4 rings (SSSR count). The van der Waals surface area contributed by atoms with E-state index in [2.05, 4.69) is 11.8 Å². The van der Waals surface area contributed by atoms with Crippen LogP contribution in [0, 0.1) is 11.8 Å². The third kappa shape index (κ3) is 3.24. The first-order valence-electron chi connectivity index (χ1n) is 9.01. The molecular weight excluding hydrogens is 314 g/mol. The van der Waals surface area contributed by atoms with E-state index in [-0.39, 0.29) is 12.0 Å². The molecule has 1 heterocycles. The molecule has 0 bridgehead atoms. The van der Waals surface area contributed by atoms with Gasteiger partial charge in [-0.15, -0.1) is 0 Å². The summed E-state index contributed by atoms with van der Waals surface area (Å²) in [7, 11) is 0. The van der Waals surface area contributed by atoms with E-state index in [0.717, 1.165) is 37.2 Å². The Hall–Kier alpha value is -2.04. The highest BCUT2D eigenvalue weighted by molar-refractivity contribution is 5.30. The van der Waals surface area contributed by atoms with Crippen molar-refractivity contribution in [2.24, 2.45) is 11.8 Å². The Balaban J connectivity index is 1.38. The number of rotatable bonds is 4. The van der Waals surface area contributed by atoms with Crippen LogP contribution in [0.4, 0.5) is 0 Å². The lowest BCUT2D eigenvalue weighted by atomic mass is 9.90. The third-order valence-corrected chi connectivity index (χ3v) is 5.77. The minimum Gasteiger partial charge on any atom is -0.508 e. The van der Waals surface area contributed by atoms with Crippen LogP contribution in [0.25, 0.3) is 0 Å². The molecule has 2 fully saturated rings. The fourth-order valence-corrected chi connectivity index (χ4v) is 4.47. The number of hydrogen-bond acceptors (Lipinski definition) is 4. The lowest BCUT2D eigenvalue weighted by molar-refractivity contribution is 0.0129. The molecule has 1 aliphatic carbocycles. The van der Waals surface area contributed by atoms with E-state index in [1.165, 1.54) is 0 Å². The van der Waals surface area contributed by atoms with Crippen molar-refractivity contribution >= 4 is 0 Å². The first-order valence-corrected chi connectivity index (χ1v) is 9.01. The lowest BCUT2D eigenvalue weighted by Gasteiger charge is -2.29. The number of aliphatic hydroxyl groups is 1. The van der Waals surface area contributed by atoms with Gasteiger partial charge in [-0.1, -0.05) is 30.3 Å². The van der Waals surface area contributed by atoms with Gasteiger partial charge in [0.2, 0.25) is 0 Å². The summed E-state index contributed by atoms with van der Waals surface area (Å²) in [5.41, 5.74) is 0.369. The van der Waals surface area contributed by atoms with Crippen molar-refractivity contribution in [2.45, 2.75) is 31.6 Å². The summed E-state index contributed by atoms with van der Waals surface area (Å²) in [5.74, 6) is 2.03. The Bertz CT molecular complexity index is 702. The van der Waals surface area contributed by atoms with Gasteiger partial charge in [0.1, 0.15) is 17.7 Å². The van der Waals surface area contributed by atoms with Gasteiger partial charge in [-0.05, 0) is 61.4 Å². The van der Waals surface area contributed by atoms with Gasteiger partial charge in [0.25, 0.3) is 0 Å². The molecule has 2 aromatic carbocycles. The minimum atomic E-state index is -0.677. The van der Waals surface area contributed by atoms with Crippen LogP contribution in [-0.2, 0) is 5.60 Å². The zero-order chi connectivity index (χ0) is 17.4. The van der Waals surface area contributed by atoms with Crippen molar-refractivity contribution in [3.05, 3.63) is 60.2 Å². The van der Waals surface area contributed by atoms with E-state index in [9.17, 15) is 10.2 Å². The van der Waals surface area contributed by atoms with Gasteiger partial charge in [-0.2, -0.15) is 0 Å². The normalized spacial score (nSPS) is 30.2. The van der Waals surface area contributed by atoms with Crippen molar-refractivity contribution in [3.8, 4) is 11.5 Å². The number of benzene rings is 2. The van der Waals surface area contributed by atoms with Gasteiger partial charge in [0.05, 0.1) is 5.60 Å². The first kappa shape index (κ1) is 16.4. The Kier molecular flexibility index (Phi) is 4.18. The van der Waals surface area contributed by atoms with Crippen molar-refractivity contribution in [3.63, 3.8) is 0 Å². The highest BCUT2D eigenvalue weighted by Crippen LogP contribution is 2.49. The summed E-state index contributed by atoms with van der Waals surface area (Å²) >= 11 is 0. The van der Waals surface area contributed by atoms with Gasteiger partial charge in [0, 0.05) is 13.1 Å². The summed E-state index contributed by atoms with van der Waals surface area (Å²) in [6.45, 7) is 3.98. The highest BCUT2D eigenvalue weighted by Gasteiger charge is 2.49. The topological polar surface area (TPSA) is 52.9 Å². The van der Waals surface area contributed by atoms with Crippen LogP contribution in [0.5, 0.6) is 11.5 Å². The SMILES string of the molecule is CC(Oc1ccc(O)cc1)N1C[C@@H]2C[C@@](O)(c3ccccc3)C[C@@H]2C1. The zero-order valence-corrected chi connectivity index (χ0v) is 14.5. The van der Waals surface area contributed by atoms with E-state index in [1.807, 2.05) is 30.3 Å². The lowest BCUT2D eigenvalue weighted by Crippen LogP contribution is -2.37. The Morgan fingerprint density at radius 1 is 1.00 bits per heavy atom. The van der Waals surface area contributed by atoms with Crippen molar-refractivity contribution in [1.82, 2.24) is 4.90 Å². The van der Waals surface area contributed by atoms with Crippen LogP contribution in [0.15, 0.2) is 54.6 Å². The maximum atomic E-state index is 11.1. The molecule has 4 heteroatoms. The van der Waals surface area contributed by atoms with E-state index < -0.39 is 5.60 Å². The van der Waals surface area contributed by atoms with Crippen LogP contribution in [0.1, 0.15) is 25.3 Å². The molecule has 2 N–H and O–H groups in total. The molecule has 1 saturated carbocycles. The number of fused-ring (bicyclic) bond motifs is 1. The first-order chi connectivity index (χ1) is 12.0. The third-order valence-electron chi connectivity index (χ3n) is 5.77. The fraction of sp³-hybridized carbons (Fsp3) is 0.429. The maximum absolute atomic E-state index is 11.1. The molecule has 1 aliphatic heterocycles. The monoisotopic (exact) mass is 339 g/mol. The molecule has 4 nitrogen and oxygen atoms in total. The van der Waals surface area contributed by atoms with Crippen LogP contribution < -0.4 is 4.74 Å². The molecule has 0 aromatic heterocycles. The van der Waals surface area contributed by atoms with E-state index >= 15 is 0 Å². The molecule has 0 amide bonds. The molecule has 1 saturated heterocycles. The van der Waals surface area contributed by atoms with E-state index in [4.69, 9.17) is 4.74 Å². The molecule has 2 aromatic rings. The minimum absolute atomic E-state index is 0.0139. The molecule has 25 heavy (non-hydrogen) atoms. The fourth-order valence-electron chi connectivity index (χ4n) is 4.47. The van der Waals surface area contributed by atoms with Crippen LogP contribution in [-0.4, -0.2) is 34.4 Å². The number of hydrogen-bond donors (Lipinski definition) is 2. The van der Waals surface area contributed by atoms with Crippen molar-refractivity contribution in [2.75, 3.05) is 13.1 Å². The summed E-state index contributed by atoms with van der Waals surface area (Å²) in [5, 5.41) is 20.4. The second kappa shape index (κ2) is 6.36. The van der Waals surface area contributed by atoms with Gasteiger partial charge in [-0.25, -0.2) is 0 Å². The largest absolute Gasteiger partial charge is 0.508 e. The quantitative estimate of drug-likeness (QED) is 0.897. The number of aromatic hydroxyl groups is 1. The molecule has 2 aliphatic rings. The second-order valence-corrected chi connectivity index (χ2v) is 7.49. The van der Waals surface area contributed by atoms with Crippen LogP contribution in [0.2, 0.25) is 0 Å². The zero-order valence-electron chi connectivity index (χ0n) is 14.5. The average Bonchev–Trinajstić information content (AvgIpc) is 3.14. The van der Waals surface area contributed by atoms with Gasteiger partial charge in [0.15, 0.2) is 0 Å². The predicted molar refractivity (Wildman–Crippen MR) is 96.3 cm³/mol. The molecule has 132 valence electrons. The second-order valence-electron chi connectivity index (χ2n) is 7.49. The molecule has 1 unspecified atom stereocenters. The predicted octanol–water partition coefficient (Wildman–Crippen LogP) is 3.35. The summed E-state index contributed by atoms with van der Waals surface area (Å²) < 4.78 is 6.01. The Labute approximate surface area is 148 Å². The van der Waals surface area contributed by atoms with E-state index in [0.29, 0.717) is 11.8 Å². The number of phenolic OH excluding ortho intramolecular Hbond substituents is 1. The van der Waals surface area contributed by atoms with Gasteiger partial charge in [-0.3, -0.25) is 4.90 Å². The Morgan fingerprint density at radius 2 is 1.60 bits per heavy atom.